The highest BCUT2D eigenvalue weighted by Crippen LogP contribution is 2.20. The SMILES string of the molecule is CC/C=C\CCCCOC(CCC(=O)OCCCCCCN(CCCO)CCN(CCCCCCOC)CCCCCCOC(=O)C(CCCC)CCCCCC)OCCCC/C=C\CC. The van der Waals surface area contributed by atoms with Gasteiger partial charge in [0.15, 0.2) is 6.29 Å². The fourth-order valence-electron chi connectivity index (χ4n) is 8.14. The van der Waals surface area contributed by atoms with Crippen molar-refractivity contribution in [1.29, 1.82) is 0 Å². The first kappa shape index (κ1) is 64.2. The molecule has 0 radical (unpaired) electrons. The van der Waals surface area contributed by atoms with Crippen molar-refractivity contribution in [2.75, 3.05) is 86.0 Å². The van der Waals surface area contributed by atoms with Gasteiger partial charge in [-0.05, 0) is 129 Å². The number of nitrogens with zero attached hydrogens (tertiary/aromatic N) is 2. The molecule has 0 saturated heterocycles. The molecular weight excluding hydrogens is 829 g/mol. The number of aliphatic hydroxyl groups excluding tert-OH is 1. The molecule has 0 aliphatic rings. The summed E-state index contributed by atoms with van der Waals surface area (Å²) in [4.78, 5) is 30.7. The Kier molecular flexibility index (Phi) is 51.1. The van der Waals surface area contributed by atoms with Crippen LogP contribution in [-0.2, 0) is 33.3 Å². The van der Waals surface area contributed by atoms with E-state index in [-0.39, 0.29) is 30.8 Å². The van der Waals surface area contributed by atoms with Gasteiger partial charge >= 0.3 is 11.9 Å². The van der Waals surface area contributed by atoms with Gasteiger partial charge in [-0.3, -0.25) is 9.59 Å². The Morgan fingerprint density at radius 1 is 0.470 bits per heavy atom. The summed E-state index contributed by atoms with van der Waals surface area (Å²) < 4.78 is 28.9. The number of carbonyl (C=O) groups excluding carboxylic acids is 2. The number of esters is 2. The summed E-state index contributed by atoms with van der Waals surface area (Å²) in [6.07, 6.45) is 40.8. The van der Waals surface area contributed by atoms with Gasteiger partial charge in [0.1, 0.15) is 0 Å². The van der Waals surface area contributed by atoms with E-state index in [2.05, 4.69) is 61.8 Å². The first-order valence-corrected chi connectivity index (χ1v) is 27.8. The third-order valence-electron chi connectivity index (χ3n) is 12.4. The summed E-state index contributed by atoms with van der Waals surface area (Å²) in [5.74, 6) is -0.0629. The number of carbonyl (C=O) groups is 2. The van der Waals surface area contributed by atoms with Crippen molar-refractivity contribution in [3.63, 3.8) is 0 Å². The third-order valence-corrected chi connectivity index (χ3v) is 12.4. The Labute approximate surface area is 408 Å². The Balaban J connectivity index is 4.71. The predicted octanol–water partition coefficient (Wildman–Crippen LogP) is 13.6. The third kappa shape index (κ3) is 44.7. The second kappa shape index (κ2) is 52.5. The molecule has 0 amide bonds. The fraction of sp³-hybridized carbons (Fsp3) is 0.893. The number of hydrogen-bond donors (Lipinski definition) is 1. The average molecular weight is 937 g/mol. The molecule has 390 valence electrons. The summed E-state index contributed by atoms with van der Waals surface area (Å²) in [7, 11) is 1.78. The minimum atomic E-state index is -0.366. The summed E-state index contributed by atoms with van der Waals surface area (Å²) in [6.45, 7) is 18.3. The van der Waals surface area contributed by atoms with E-state index in [1.54, 1.807) is 7.11 Å². The lowest BCUT2D eigenvalue weighted by atomic mass is 9.95. The number of aliphatic hydroxyl groups is 1. The highest BCUT2D eigenvalue weighted by molar-refractivity contribution is 5.72. The number of rotatable bonds is 53. The molecule has 0 aliphatic heterocycles. The quantitative estimate of drug-likeness (QED) is 0.0274. The summed E-state index contributed by atoms with van der Waals surface area (Å²) >= 11 is 0. The van der Waals surface area contributed by atoms with E-state index in [4.69, 9.17) is 23.7 Å². The lowest BCUT2D eigenvalue weighted by molar-refractivity contribution is -0.159. The van der Waals surface area contributed by atoms with Crippen LogP contribution in [0, 0.1) is 5.92 Å². The molecule has 0 rings (SSSR count). The second-order valence-corrected chi connectivity index (χ2v) is 18.5. The fourth-order valence-corrected chi connectivity index (χ4v) is 8.14. The second-order valence-electron chi connectivity index (χ2n) is 18.5. The van der Waals surface area contributed by atoms with E-state index < -0.39 is 0 Å². The Bertz CT molecular complexity index is 1050. The van der Waals surface area contributed by atoms with Crippen molar-refractivity contribution in [3.8, 4) is 0 Å². The van der Waals surface area contributed by atoms with Gasteiger partial charge in [0.05, 0.1) is 25.6 Å². The van der Waals surface area contributed by atoms with Gasteiger partial charge in [-0.1, -0.05) is 129 Å². The number of methoxy groups -OCH3 is 1. The summed E-state index contributed by atoms with van der Waals surface area (Å²) in [6, 6.07) is 0. The number of hydrogen-bond acceptors (Lipinski definition) is 10. The van der Waals surface area contributed by atoms with Crippen LogP contribution in [-0.4, -0.2) is 119 Å². The zero-order chi connectivity index (χ0) is 48.2. The van der Waals surface area contributed by atoms with E-state index >= 15 is 0 Å². The van der Waals surface area contributed by atoms with Crippen molar-refractivity contribution in [2.24, 2.45) is 5.92 Å². The van der Waals surface area contributed by atoms with Gasteiger partial charge in [-0.15, -0.1) is 0 Å². The van der Waals surface area contributed by atoms with Crippen LogP contribution in [0.25, 0.3) is 0 Å². The topological polar surface area (TPSA) is 107 Å². The lowest BCUT2D eigenvalue weighted by Gasteiger charge is -2.28. The summed E-state index contributed by atoms with van der Waals surface area (Å²) in [5, 5.41) is 9.66. The van der Waals surface area contributed by atoms with Crippen molar-refractivity contribution in [3.05, 3.63) is 24.3 Å². The minimum Gasteiger partial charge on any atom is -0.466 e. The molecule has 0 aliphatic carbocycles. The molecular formula is C56H108N2O8. The van der Waals surface area contributed by atoms with E-state index in [0.29, 0.717) is 39.3 Å². The smallest absolute Gasteiger partial charge is 0.308 e. The number of allylic oxidation sites excluding steroid dienone is 4. The zero-order valence-electron chi connectivity index (χ0n) is 44.1. The Morgan fingerprint density at radius 3 is 1.45 bits per heavy atom. The molecule has 0 aromatic heterocycles. The predicted molar refractivity (Wildman–Crippen MR) is 277 cm³/mol. The van der Waals surface area contributed by atoms with Gasteiger partial charge in [0.2, 0.25) is 0 Å². The van der Waals surface area contributed by atoms with Crippen LogP contribution in [0.5, 0.6) is 0 Å². The van der Waals surface area contributed by atoms with Crippen LogP contribution in [0.3, 0.4) is 0 Å². The normalized spacial score (nSPS) is 12.5. The molecule has 1 atom stereocenters. The molecule has 0 saturated carbocycles. The molecule has 0 fully saturated rings. The molecule has 0 bridgehead atoms. The molecule has 0 heterocycles. The Hall–Kier alpha value is -1.82. The largest absolute Gasteiger partial charge is 0.466 e. The maximum absolute atomic E-state index is 12.9. The molecule has 0 aromatic rings. The van der Waals surface area contributed by atoms with Crippen molar-refractivity contribution >= 4 is 11.9 Å². The minimum absolute atomic E-state index is 0.0323. The van der Waals surface area contributed by atoms with Crippen molar-refractivity contribution < 1.29 is 38.4 Å². The molecule has 1 unspecified atom stereocenters. The van der Waals surface area contributed by atoms with Gasteiger partial charge in [-0.25, -0.2) is 0 Å². The standard InChI is InChI=1S/C56H108N2O8/c1-6-10-14-17-22-33-50-64-55(65-51-34-23-18-15-11-7-2)40-39-54(60)63-49-32-25-20-30-43-58(44-36-47-59)46-45-57(41-28-19-24-31-48-62-5)42-29-21-26-35-52-66-56(61)53(37-13-9-4)38-27-16-12-8-3/h10-11,14-15,53,55,59H,6-9,12-13,16-52H2,1-5H3/b14-10-,15-11-. The zero-order valence-corrected chi connectivity index (χ0v) is 44.1. The molecule has 10 heteroatoms. The van der Waals surface area contributed by atoms with Crippen LogP contribution < -0.4 is 0 Å². The van der Waals surface area contributed by atoms with Crippen LogP contribution in [0.4, 0.5) is 0 Å². The lowest BCUT2D eigenvalue weighted by Crippen LogP contribution is -2.37. The Morgan fingerprint density at radius 2 is 0.939 bits per heavy atom. The average Bonchev–Trinajstić information content (AvgIpc) is 3.32. The monoisotopic (exact) mass is 937 g/mol. The maximum Gasteiger partial charge on any atom is 0.308 e. The highest BCUT2D eigenvalue weighted by atomic mass is 16.7. The van der Waals surface area contributed by atoms with E-state index in [0.717, 1.165) is 194 Å². The van der Waals surface area contributed by atoms with Gasteiger partial charge in [0.25, 0.3) is 0 Å². The molecule has 0 spiro atoms. The highest BCUT2D eigenvalue weighted by Gasteiger charge is 2.19. The van der Waals surface area contributed by atoms with Crippen LogP contribution in [0.15, 0.2) is 24.3 Å². The molecule has 10 nitrogen and oxygen atoms in total. The van der Waals surface area contributed by atoms with Crippen molar-refractivity contribution in [1.82, 2.24) is 9.80 Å². The first-order chi connectivity index (χ1) is 32.4. The number of unbranched alkanes of at least 4 members (excludes halogenated alkanes) is 17. The van der Waals surface area contributed by atoms with Crippen molar-refractivity contribution in [2.45, 2.75) is 233 Å². The summed E-state index contributed by atoms with van der Waals surface area (Å²) in [5.41, 5.74) is 0. The van der Waals surface area contributed by atoms with E-state index in [1.807, 2.05) is 0 Å². The van der Waals surface area contributed by atoms with Gasteiger partial charge in [0, 0.05) is 59.6 Å². The van der Waals surface area contributed by atoms with Crippen LogP contribution >= 0.6 is 0 Å². The van der Waals surface area contributed by atoms with Gasteiger partial charge < -0.3 is 38.6 Å². The molecule has 1 N–H and O–H groups in total. The van der Waals surface area contributed by atoms with Gasteiger partial charge in [-0.2, -0.15) is 0 Å². The molecule has 66 heavy (non-hydrogen) atoms. The maximum atomic E-state index is 12.9. The van der Waals surface area contributed by atoms with E-state index in [9.17, 15) is 14.7 Å². The van der Waals surface area contributed by atoms with Crippen LogP contribution in [0.2, 0.25) is 0 Å². The van der Waals surface area contributed by atoms with Crippen LogP contribution in [0.1, 0.15) is 227 Å². The number of ether oxygens (including phenoxy) is 5. The molecule has 0 aromatic carbocycles. The first-order valence-electron chi connectivity index (χ1n) is 27.8. The van der Waals surface area contributed by atoms with E-state index in [1.165, 1.54) is 38.5 Å².